The zero-order valence-corrected chi connectivity index (χ0v) is 23.5. The number of amides is 1. The molecule has 0 aromatic rings. The van der Waals surface area contributed by atoms with Crippen molar-refractivity contribution in [3.8, 4) is 0 Å². The molecule has 252 valence electrons. The van der Waals surface area contributed by atoms with Gasteiger partial charge in [0.2, 0.25) is 5.91 Å². The number of aliphatic hydroxyl groups excluding tert-OH is 9. The maximum Gasteiger partial charge on any atom is 0.249 e. The van der Waals surface area contributed by atoms with Crippen molar-refractivity contribution < 1.29 is 69.7 Å². The number of carbonyl (C=O) groups is 1. The molecule has 0 spiro atoms. The molecule has 2 heterocycles. The van der Waals surface area contributed by atoms with Gasteiger partial charge in [0.05, 0.1) is 25.3 Å². The van der Waals surface area contributed by atoms with Gasteiger partial charge in [-0.05, 0) is 19.4 Å². The molecule has 0 aromatic carbocycles. The molecule has 1 unspecified atom stereocenters. The zero-order chi connectivity index (χ0) is 32.0. The lowest BCUT2D eigenvalue weighted by Gasteiger charge is -2.49. The van der Waals surface area contributed by atoms with E-state index in [9.17, 15) is 45.6 Å². The highest BCUT2D eigenvalue weighted by Crippen LogP contribution is 2.32. The van der Waals surface area contributed by atoms with Crippen molar-refractivity contribution >= 4 is 5.91 Å². The summed E-state index contributed by atoms with van der Waals surface area (Å²) in [6, 6.07) is -3.50. The van der Waals surface area contributed by atoms with E-state index in [2.05, 4.69) is 10.6 Å². The van der Waals surface area contributed by atoms with Crippen LogP contribution in [-0.4, -0.2) is 183 Å². The molecule has 19 nitrogen and oxygen atoms in total. The Morgan fingerprint density at radius 1 is 0.860 bits per heavy atom. The molecule has 3 rings (SSSR count). The number of hydrogen-bond acceptors (Lipinski definition) is 18. The lowest BCUT2D eigenvalue weighted by atomic mass is 9.83. The fourth-order valence-electron chi connectivity index (χ4n) is 5.36. The van der Waals surface area contributed by atoms with E-state index in [-0.39, 0.29) is 39.1 Å². The van der Waals surface area contributed by atoms with E-state index in [1.807, 2.05) is 0 Å². The Balaban J connectivity index is 1.83. The van der Waals surface area contributed by atoms with Gasteiger partial charge < -0.3 is 92.7 Å². The first-order valence-corrected chi connectivity index (χ1v) is 14.2. The summed E-state index contributed by atoms with van der Waals surface area (Å²) in [6.45, 7) is -0.770. The number of rotatable bonds is 13. The predicted molar refractivity (Wildman–Crippen MR) is 142 cm³/mol. The smallest absolute Gasteiger partial charge is 0.249 e. The molecule has 3 fully saturated rings. The van der Waals surface area contributed by atoms with Crippen molar-refractivity contribution in [3.63, 3.8) is 0 Å². The lowest BCUT2D eigenvalue weighted by Crippen LogP contribution is -2.69. The van der Waals surface area contributed by atoms with Crippen LogP contribution in [0.5, 0.6) is 0 Å². The molecule has 17 N–H and O–H groups in total. The van der Waals surface area contributed by atoms with E-state index in [1.165, 1.54) is 0 Å². The minimum absolute atomic E-state index is 0.00286. The second-order valence-electron chi connectivity index (χ2n) is 11.0. The van der Waals surface area contributed by atoms with E-state index in [0.717, 1.165) is 0 Å². The average molecular weight is 630 g/mol. The van der Waals surface area contributed by atoms with Gasteiger partial charge in [0, 0.05) is 19.1 Å². The molecule has 1 amide bonds. The fraction of sp³-hybridized carbons (Fsp3) is 0.958. The van der Waals surface area contributed by atoms with Gasteiger partial charge in [0.15, 0.2) is 12.6 Å². The van der Waals surface area contributed by atoms with Crippen LogP contribution in [0.25, 0.3) is 0 Å². The highest BCUT2D eigenvalue weighted by Gasteiger charge is 2.52. The largest absolute Gasteiger partial charge is 0.395 e. The SMILES string of the molecule is NCC[C@H](O)C(=O)N[C@@H]1C[C@H](N)[C@@H](O[C@H]2O[C@H](CNCCO)[C@@H](O)[C@H](O)[C@H]2O)[C@H](O)[C@H]1O[C@H]1O[C@H](CO)[C@@H](O)[C@H](N)C1O. The van der Waals surface area contributed by atoms with Gasteiger partial charge in [-0.3, -0.25) is 4.79 Å². The van der Waals surface area contributed by atoms with Crippen LogP contribution in [-0.2, 0) is 23.7 Å². The van der Waals surface area contributed by atoms with Crippen molar-refractivity contribution in [2.45, 2.75) is 111 Å². The van der Waals surface area contributed by atoms with Gasteiger partial charge in [0.25, 0.3) is 0 Å². The van der Waals surface area contributed by atoms with E-state index in [0.29, 0.717) is 0 Å². The molecular formula is C24H47N5O14. The Bertz CT molecular complexity index is 865. The second kappa shape index (κ2) is 16.4. The molecular weight excluding hydrogens is 582 g/mol. The molecule has 1 aliphatic carbocycles. The molecule has 19 heteroatoms. The Morgan fingerprint density at radius 2 is 1.49 bits per heavy atom. The molecule has 43 heavy (non-hydrogen) atoms. The number of hydrogen-bond donors (Lipinski definition) is 14. The first kappa shape index (κ1) is 36.3. The number of nitrogens with one attached hydrogen (secondary N) is 2. The van der Waals surface area contributed by atoms with Gasteiger partial charge >= 0.3 is 0 Å². The first-order valence-electron chi connectivity index (χ1n) is 14.2. The topological polar surface area (TPSA) is 338 Å². The Morgan fingerprint density at radius 3 is 2.12 bits per heavy atom. The third-order valence-electron chi connectivity index (χ3n) is 7.91. The summed E-state index contributed by atoms with van der Waals surface area (Å²) in [6.07, 6.45) is -20.0. The Hall–Kier alpha value is -1.21. The summed E-state index contributed by atoms with van der Waals surface area (Å²) >= 11 is 0. The summed E-state index contributed by atoms with van der Waals surface area (Å²) in [5, 5.41) is 97.6. The van der Waals surface area contributed by atoms with Gasteiger partial charge in [-0.1, -0.05) is 0 Å². The lowest BCUT2D eigenvalue weighted by molar-refractivity contribution is -0.333. The molecule has 1 saturated carbocycles. The van der Waals surface area contributed by atoms with Crippen LogP contribution in [0.3, 0.4) is 0 Å². The Labute approximate surface area is 247 Å². The summed E-state index contributed by atoms with van der Waals surface area (Å²) in [7, 11) is 0. The molecule has 0 bridgehead atoms. The monoisotopic (exact) mass is 629 g/mol. The van der Waals surface area contributed by atoms with Gasteiger partial charge in [-0.25, -0.2) is 0 Å². The van der Waals surface area contributed by atoms with Gasteiger partial charge in [0.1, 0.15) is 67.1 Å². The molecule has 16 atom stereocenters. The maximum atomic E-state index is 12.6. The van der Waals surface area contributed by atoms with Crippen molar-refractivity contribution in [2.75, 3.05) is 32.8 Å². The van der Waals surface area contributed by atoms with Crippen LogP contribution in [0.15, 0.2) is 0 Å². The predicted octanol–water partition coefficient (Wildman–Crippen LogP) is -8.80. The minimum Gasteiger partial charge on any atom is -0.395 e. The summed E-state index contributed by atoms with van der Waals surface area (Å²) in [5.74, 6) is -0.852. The zero-order valence-electron chi connectivity index (χ0n) is 23.5. The standard InChI is InChI=1S/C24H47N5O14/c25-2-1-10(32)22(39)29-9-5-8(26)20(42-24-18(37)17(36)15(34)11(40-24)6-28-3-4-30)19(38)21(9)43-23-16(35)13(27)14(33)12(7-31)41-23/h8-21,23-24,28,30-38H,1-7,25-27H2,(H,29,39)/t8-,9+,10-,11+,12+,13-,14+,15+,16?,17-,18+,19-,20+,21-,23+,24+/m0/s1. The van der Waals surface area contributed by atoms with Crippen molar-refractivity contribution in [1.82, 2.24) is 10.6 Å². The van der Waals surface area contributed by atoms with Crippen LogP contribution >= 0.6 is 0 Å². The van der Waals surface area contributed by atoms with Crippen LogP contribution in [0, 0.1) is 0 Å². The Kier molecular flexibility index (Phi) is 13.8. The first-order chi connectivity index (χ1) is 20.4. The van der Waals surface area contributed by atoms with Crippen LogP contribution in [0.2, 0.25) is 0 Å². The maximum absolute atomic E-state index is 12.6. The third kappa shape index (κ3) is 8.54. The van der Waals surface area contributed by atoms with Gasteiger partial charge in [-0.15, -0.1) is 0 Å². The van der Waals surface area contributed by atoms with Crippen LogP contribution in [0.1, 0.15) is 12.8 Å². The number of carbonyl (C=O) groups excluding carboxylic acids is 1. The van der Waals surface area contributed by atoms with Crippen LogP contribution < -0.4 is 27.8 Å². The number of nitrogens with two attached hydrogens (primary N) is 3. The average Bonchev–Trinajstić information content (AvgIpc) is 2.97. The summed E-state index contributed by atoms with van der Waals surface area (Å²) in [5.41, 5.74) is 17.6. The number of ether oxygens (including phenoxy) is 4. The van der Waals surface area contributed by atoms with Crippen molar-refractivity contribution in [1.29, 1.82) is 0 Å². The van der Waals surface area contributed by atoms with E-state index >= 15 is 0 Å². The normalized spacial score (nSPS) is 44.6. The van der Waals surface area contributed by atoms with Crippen molar-refractivity contribution in [3.05, 3.63) is 0 Å². The molecule has 0 radical (unpaired) electrons. The fourth-order valence-corrected chi connectivity index (χ4v) is 5.36. The molecule has 2 aliphatic heterocycles. The minimum atomic E-state index is -1.78. The van der Waals surface area contributed by atoms with Gasteiger partial charge in [-0.2, -0.15) is 0 Å². The third-order valence-corrected chi connectivity index (χ3v) is 7.91. The van der Waals surface area contributed by atoms with E-state index in [1.54, 1.807) is 0 Å². The quantitative estimate of drug-likeness (QED) is 0.0840. The number of aliphatic hydroxyl groups is 9. The van der Waals surface area contributed by atoms with E-state index < -0.39 is 110 Å². The second-order valence-corrected chi connectivity index (χ2v) is 11.0. The summed E-state index contributed by atoms with van der Waals surface area (Å²) < 4.78 is 22.8. The summed E-state index contributed by atoms with van der Waals surface area (Å²) in [4.78, 5) is 12.6. The van der Waals surface area contributed by atoms with Crippen molar-refractivity contribution in [2.24, 2.45) is 17.2 Å². The molecule has 0 aromatic heterocycles. The van der Waals surface area contributed by atoms with Crippen LogP contribution in [0.4, 0.5) is 0 Å². The molecule has 3 aliphatic rings. The van der Waals surface area contributed by atoms with E-state index in [4.69, 9.17) is 41.3 Å². The highest BCUT2D eigenvalue weighted by atomic mass is 16.7. The molecule has 2 saturated heterocycles. The highest BCUT2D eigenvalue weighted by molar-refractivity contribution is 5.80.